The molecule has 1 aromatic heterocycles. The molecule has 0 aliphatic carbocycles. The number of pyridine rings is 1. The number of aliphatic hydroxyl groups is 1. The summed E-state index contributed by atoms with van der Waals surface area (Å²) in [6, 6.07) is 4.03. The van der Waals surface area contributed by atoms with Crippen molar-refractivity contribution < 1.29 is 5.11 Å². The lowest BCUT2D eigenvalue weighted by Gasteiger charge is -2.14. The lowest BCUT2D eigenvalue weighted by Crippen LogP contribution is -2.23. The molecule has 2 N–H and O–H groups in total. The van der Waals surface area contributed by atoms with E-state index in [1.807, 2.05) is 32.2 Å². The number of rotatable bonds is 4. The van der Waals surface area contributed by atoms with Crippen LogP contribution in [0.4, 0.5) is 5.82 Å². The van der Waals surface area contributed by atoms with Gasteiger partial charge in [0, 0.05) is 6.20 Å². The van der Waals surface area contributed by atoms with Crippen LogP contribution in [0, 0.1) is 6.92 Å². The number of hydrogen-bond acceptors (Lipinski definition) is 3. The third kappa shape index (κ3) is 3.03. The summed E-state index contributed by atoms with van der Waals surface area (Å²) in [6.45, 7) is 4.17. The molecule has 72 valence electrons. The molecule has 0 amide bonds. The smallest absolute Gasteiger partial charge is 0.126 e. The van der Waals surface area contributed by atoms with E-state index in [1.165, 1.54) is 0 Å². The number of nitrogens with zero attached hydrogens (tertiary/aromatic N) is 1. The van der Waals surface area contributed by atoms with Crippen molar-refractivity contribution in [1.29, 1.82) is 0 Å². The third-order valence-corrected chi connectivity index (χ3v) is 1.98. The Morgan fingerprint density at radius 3 is 2.77 bits per heavy atom. The van der Waals surface area contributed by atoms with Gasteiger partial charge < -0.3 is 10.4 Å². The van der Waals surface area contributed by atoms with Gasteiger partial charge in [0.1, 0.15) is 5.82 Å². The SMILES string of the molecule is CC[C@H](CO)Nc1ccc(C)cn1. The van der Waals surface area contributed by atoms with E-state index in [0.29, 0.717) is 0 Å². The van der Waals surface area contributed by atoms with Crippen LogP contribution in [0.5, 0.6) is 0 Å². The summed E-state index contributed by atoms with van der Waals surface area (Å²) in [4.78, 5) is 4.19. The van der Waals surface area contributed by atoms with E-state index >= 15 is 0 Å². The minimum Gasteiger partial charge on any atom is -0.394 e. The van der Waals surface area contributed by atoms with E-state index in [4.69, 9.17) is 5.11 Å². The van der Waals surface area contributed by atoms with E-state index in [-0.39, 0.29) is 12.6 Å². The molecule has 0 bridgehead atoms. The zero-order chi connectivity index (χ0) is 9.68. The summed E-state index contributed by atoms with van der Waals surface area (Å²) in [7, 11) is 0. The second-order valence-electron chi connectivity index (χ2n) is 3.15. The minimum absolute atomic E-state index is 0.107. The average Bonchev–Trinajstić information content (AvgIpc) is 2.17. The Kier molecular flexibility index (Phi) is 3.71. The molecule has 3 heteroatoms. The van der Waals surface area contributed by atoms with Crippen molar-refractivity contribution in [3.05, 3.63) is 23.9 Å². The Bertz CT molecular complexity index is 242. The largest absolute Gasteiger partial charge is 0.394 e. The molecule has 0 radical (unpaired) electrons. The number of hydrogen-bond donors (Lipinski definition) is 2. The Labute approximate surface area is 78.8 Å². The van der Waals surface area contributed by atoms with Gasteiger partial charge in [-0.2, -0.15) is 0 Å². The topological polar surface area (TPSA) is 45.1 Å². The van der Waals surface area contributed by atoms with Crippen LogP contribution in [-0.4, -0.2) is 22.7 Å². The first-order valence-electron chi connectivity index (χ1n) is 4.56. The molecule has 0 fully saturated rings. The zero-order valence-corrected chi connectivity index (χ0v) is 8.12. The van der Waals surface area contributed by atoms with Crippen LogP contribution in [0.25, 0.3) is 0 Å². The molecule has 13 heavy (non-hydrogen) atoms. The summed E-state index contributed by atoms with van der Waals surface area (Å²) >= 11 is 0. The highest BCUT2D eigenvalue weighted by Gasteiger charge is 2.03. The Hall–Kier alpha value is -1.09. The summed E-state index contributed by atoms with van der Waals surface area (Å²) in [5, 5.41) is 12.1. The van der Waals surface area contributed by atoms with Gasteiger partial charge in [-0.15, -0.1) is 0 Å². The van der Waals surface area contributed by atoms with Crippen molar-refractivity contribution in [2.75, 3.05) is 11.9 Å². The normalized spacial score (nSPS) is 12.5. The first-order chi connectivity index (χ1) is 6.26. The lowest BCUT2D eigenvalue weighted by molar-refractivity contribution is 0.271. The fraction of sp³-hybridized carbons (Fsp3) is 0.500. The van der Waals surface area contributed by atoms with E-state index in [9.17, 15) is 0 Å². The molecular formula is C10H16N2O. The van der Waals surface area contributed by atoms with Crippen LogP contribution in [0.15, 0.2) is 18.3 Å². The van der Waals surface area contributed by atoms with Crippen LogP contribution in [0.3, 0.4) is 0 Å². The molecule has 0 aliphatic heterocycles. The van der Waals surface area contributed by atoms with Gasteiger partial charge in [0.15, 0.2) is 0 Å². The van der Waals surface area contributed by atoms with E-state index in [2.05, 4.69) is 10.3 Å². The molecule has 1 heterocycles. The van der Waals surface area contributed by atoms with E-state index < -0.39 is 0 Å². The van der Waals surface area contributed by atoms with E-state index in [0.717, 1.165) is 17.8 Å². The molecule has 1 atom stereocenters. The minimum atomic E-state index is 0.107. The van der Waals surface area contributed by atoms with Gasteiger partial charge in [0.05, 0.1) is 12.6 Å². The van der Waals surface area contributed by atoms with Gasteiger partial charge in [-0.1, -0.05) is 13.0 Å². The highest BCUT2D eigenvalue weighted by molar-refractivity contribution is 5.36. The van der Waals surface area contributed by atoms with Gasteiger partial charge in [-0.3, -0.25) is 0 Å². The molecule has 0 aliphatic rings. The van der Waals surface area contributed by atoms with Crippen LogP contribution in [-0.2, 0) is 0 Å². The molecule has 0 unspecified atom stereocenters. The quantitative estimate of drug-likeness (QED) is 0.739. The highest BCUT2D eigenvalue weighted by Crippen LogP contribution is 2.06. The standard InChI is InChI=1S/C10H16N2O/c1-3-9(7-13)12-10-5-4-8(2)6-11-10/h4-6,9,13H,3,7H2,1-2H3,(H,11,12)/t9-/m1/s1. The first-order valence-corrected chi connectivity index (χ1v) is 4.56. The molecule has 0 spiro atoms. The number of aromatic nitrogens is 1. The van der Waals surface area contributed by atoms with Gasteiger partial charge in [-0.05, 0) is 25.0 Å². The summed E-state index contributed by atoms with van der Waals surface area (Å²) in [5.74, 6) is 0.825. The summed E-state index contributed by atoms with van der Waals surface area (Å²) in [5.41, 5.74) is 1.14. The predicted molar refractivity (Wildman–Crippen MR) is 53.8 cm³/mol. The molecule has 3 nitrogen and oxygen atoms in total. The van der Waals surface area contributed by atoms with Crippen LogP contribution >= 0.6 is 0 Å². The van der Waals surface area contributed by atoms with Crippen LogP contribution in [0.2, 0.25) is 0 Å². The monoisotopic (exact) mass is 180 g/mol. The van der Waals surface area contributed by atoms with Crippen molar-refractivity contribution in [3.8, 4) is 0 Å². The Morgan fingerprint density at radius 1 is 1.54 bits per heavy atom. The maximum atomic E-state index is 8.95. The van der Waals surface area contributed by atoms with Crippen molar-refractivity contribution in [1.82, 2.24) is 4.98 Å². The van der Waals surface area contributed by atoms with Crippen LogP contribution < -0.4 is 5.32 Å². The average molecular weight is 180 g/mol. The van der Waals surface area contributed by atoms with Gasteiger partial charge in [-0.25, -0.2) is 4.98 Å². The molecule has 1 rings (SSSR count). The molecule has 0 aromatic carbocycles. The lowest BCUT2D eigenvalue weighted by atomic mass is 10.2. The van der Waals surface area contributed by atoms with Crippen molar-refractivity contribution >= 4 is 5.82 Å². The van der Waals surface area contributed by atoms with Crippen molar-refractivity contribution in [2.45, 2.75) is 26.3 Å². The molecular weight excluding hydrogens is 164 g/mol. The molecule has 0 saturated carbocycles. The molecule has 1 aromatic rings. The first kappa shape index (κ1) is 9.99. The fourth-order valence-corrected chi connectivity index (χ4v) is 1.04. The predicted octanol–water partition coefficient (Wildman–Crippen LogP) is 1.57. The third-order valence-electron chi connectivity index (χ3n) is 1.98. The second-order valence-corrected chi connectivity index (χ2v) is 3.15. The maximum Gasteiger partial charge on any atom is 0.126 e. The van der Waals surface area contributed by atoms with E-state index in [1.54, 1.807) is 0 Å². The number of nitrogens with one attached hydrogen (secondary N) is 1. The summed E-state index contributed by atoms with van der Waals surface area (Å²) in [6.07, 6.45) is 2.71. The second kappa shape index (κ2) is 4.82. The zero-order valence-electron chi connectivity index (χ0n) is 8.12. The Morgan fingerprint density at radius 2 is 2.31 bits per heavy atom. The van der Waals surface area contributed by atoms with Gasteiger partial charge >= 0.3 is 0 Å². The summed E-state index contributed by atoms with van der Waals surface area (Å²) < 4.78 is 0. The number of aryl methyl sites for hydroxylation is 1. The van der Waals surface area contributed by atoms with Gasteiger partial charge in [0.25, 0.3) is 0 Å². The van der Waals surface area contributed by atoms with Gasteiger partial charge in [0.2, 0.25) is 0 Å². The Balaban J connectivity index is 2.58. The number of aliphatic hydroxyl groups excluding tert-OH is 1. The number of anilines is 1. The van der Waals surface area contributed by atoms with Crippen LogP contribution in [0.1, 0.15) is 18.9 Å². The van der Waals surface area contributed by atoms with Crippen molar-refractivity contribution in [2.24, 2.45) is 0 Å². The fourth-order valence-electron chi connectivity index (χ4n) is 1.04. The van der Waals surface area contributed by atoms with Crippen molar-refractivity contribution in [3.63, 3.8) is 0 Å². The highest BCUT2D eigenvalue weighted by atomic mass is 16.3. The maximum absolute atomic E-state index is 8.95. The molecule has 0 saturated heterocycles.